The monoisotopic (exact) mass is 170 g/mol. The van der Waals surface area contributed by atoms with Crippen molar-refractivity contribution < 1.29 is 9.59 Å². The van der Waals surface area contributed by atoms with Gasteiger partial charge < -0.3 is 11.1 Å². The molecule has 12 heavy (non-hydrogen) atoms. The fourth-order valence-electron chi connectivity index (χ4n) is 0.467. The first kappa shape index (κ1) is 10.7. The van der Waals surface area contributed by atoms with Crippen LogP contribution in [-0.4, -0.2) is 18.4 Å². The van der Waals surface area contributed by atoms with E-state index >= 15 is 0 Å². The van der Waals surface area contributed by atoms with Crippen molar-refractivity contribution in [3.05, 3.63) is 12.7 Å². The second kappa shape index (κ2) is 3.90. The maximum absolute atomic E-state index is 10.8. The van der Waals surface area contributed by atoms with Crippen LogP contribution in [0.3, 0.4) is 0 Å². The molecule has 0 aliphatic rings. The summed E-state index contributed by atoms with van der Waals surface area (Å²) < 4.78 is 0. The molecule has 0 aliphatic carbocycles. The molecular formula is C8H14N2O2. The van der Waals surface area contributed by atoms with Crippen molar-refractivity contribution >= 4 is 11.8 Å². The minimum Gasteiger partial charge on any atom is -0.369 e. The quantitative estimate of drug-likeness (QED) is 0.573. The van der Waals surface area contributed by atoms with Gasteiger partial charge in [-0.3, -0.25) is 9.59 Å². The largest absolute Gasteiger partial charge is 0.369 e. The Balaban J connectivity index is 4.00. The van der Waals surface area contributed by atoms with E-state index in [1.54, 1.807) is 13.8 Å². The second-order valence-corrected chi connectivity index (χ2v) is 3.17. The Morgan fingerprint density at radius 2 is 2.08 bits per heavy atom. The van der Waals surface area contributed by atoms with Crippen LogP contribution in [0, 0.1) is 5.41 Å². The van der Waals surface area contributed by atoms with E-state index in [4.69, 9.17) is 5.73 Å². The molecular weight excluding hydrogens is 156 g/mol. The molecule has 0 aromatic rings. The molecule has 0 heterocycles. The van der Waals surface area contributed by atoms with Crippen LogP contribution in [0.2, 0.25) is 0 Å². The third-order valence-corrected chi connectivity index (χ3v) is 1.56. The van der Waals surface area contributed by atoms with Crippen molar-refractivity contribution in [2.75, 3.05) is 6.54 Å². The number of carbonyl (C=O) groups excluding carboxylic acids is 2. The molecule has 2 amide bonds. The minimum absolute atomic E-state index is 0.229. The number of carbonyl (C=O) groups is 2. The van der Waals surface area contributed by atoms with Gasteiger partial charge in [-0.1, -0.05) is 6.58 Å². The van der Waals surface area contributed by atoms with Gasteiger partial charge in [0.05, 0.1) is 5.41 Å². The second-order valence-electron chi connectivity index (χ2n) is 3.17. The number of rotatable bonds is 4. The summed E-state index contributed by atoms with van der Waals surface area (Å²) in [4.78, 5) is 21.5. The molecule has 3 N–H and O–H groups in total. The van der Waals surface area contributed by atoms with Crippen LogP contribution in [0.5, 0.6) is 0 Å². The van der Waals surface area contributed by atoms with Crippen molar-refractivity contribution in [2.45, 2.75) is 13.8 Å². The lowest BCUT2D eigenvalue weighted by Gasteiger charge is -2.19. The molecule has 0 aromatic carbocycles. The smallest absolute Gasteiger partial charge is 0.243 e. The van der Waals surface area contributed by atoms with Gasteiger partial charge in [0.25, 0.3) is 0 Å². The Morgan fingerprint density at radius 1 is 1.58 bits per heavy atom. The van der Waals surface area contributed by atoms with Crippen molar-refractivity contribution in [1.82, 2.24) is 5.32 Å². The first-order valence-corrected chi connectivity index (χ1v) is 3.60. The first-order chi connectivity index (χ1) is 5.40. The summed E-state index contributed by atoms with van der Waals surface area (Å²) in [5.41, 5.74) is 4.37. The van der Waals surface area contributed by atoms with Crippen LogP contribution >= 0.6 is 0 Å². The summed E-state index contributed by atoms with van der Waals surface area (Å²) in [7, 11) is 0. The van der Waals surface area contributed by atoms with Crippen molar-refractivity contribution in [1.29, 1.82) is 0 Å². The summed E-state index contributed by atoms with van der Waals surface area (Å²) in [5.74, 6) is -0.740. The van der Waals surface area contributed by atoms with E-state index in [0.29, 0.717) is 0 Å². The molecule has 68 valence electrons. The van der Waals surface area contributed by atoms with Gasteiger partial charge in [-0.05, 0) is 19.9 Å². The fraction of sp³-hybridized carbons (Fsp3) is 0.500. The topological polar surface area (TPSA) is 72.2 Å². The number of amides is 2. The van der Waals surface area contributed by atoms with Gasteiger partial charge in [0, 0.05) is 6.54 Å². The number of nitrogens with one attached hydrogen (secondary N) is 1. The highest BCUT2D eigenvalue weighted by atomic mass is 16.2. The Hall–Kier alpha value is -1.32. The molecule has 0 aromatic heterocycles. The molecule has 4 nitrogen and oxygen atoms in total. The van der Waals surface area contributed by atoms with Crippen LogP contribution in [0.15, 0.2) is 12.7 Å². The highest BCUT2D eigenvalue weighted by Crippen LogP contribution is 2.11. The van der Waals surface area contributed by atoms with E-state index in [2.05, 4.69) is 11.9 Å². The molecule has 0 saturated carbocycles. The van der Waals surface area contributed by atoms with Crippen molar-refractivity contribution in [3.8, 4) is 0 Å². The summed E-state index contributed by atoms with van der Waals surface area (Å²) in [6.45, 7) is 6.84. The maximum atomic E-state index is 10.8. The van der Waals surface area contributed by atoms with E-state index in [1.165, 1.54) is 0 Å². The summed E-state index contributed by atoms with van der Waals surface area (Å²) >= 11 is 0. The van der Waals surface area contributed by atoms with E-state index < -0.39 is 11.3 Å². The lowest BCUT2D eigenvalue weighted by atomic mass is 9.93. The van der Waals surface area contributed by atoms with Gasteiger partial charge in [0.1, 0.15) is 0 Å². The predicted molar refractivity (Wildman–Crippen MR) is 46.2 cm³/mol. The lowest BCUT2D eigenvalue weighted by molar-refractivity contribution is -0.126. The van der Waals surface area contributed by atoms with Crippen LogP contribution in [-0.2, 0) is 9.59 Å². The summed E-state index contributed by atoms with van der Waals surface area (Å²) in [5, 5.41) is 2.50. The third-order valence-electron chi connectivity index (χ3n) is 1.56. The molecule has 0 bridgehead atoms. The van der Waals surface area contributed by atoms with Crippen molar-refractivity contribution in [3.63, 3.8) is 0 Å². The zero-order valence-electron chi connectivity index (χ0n) is 7.39. The van der Waals surface area contributed by atoms with E-state index in [1.807, 2.05) is 0 Å². The standard InChI is InChI=1S/C8H14N2O2/c1-4-6(11)10-5-8(2,3)7(9)12/h4H,1,5H2,2-3H3,(H2,9,12)(H,10,11). The van der Waals surface area contributed by atoms with Crippen LogP contribution in [0.25, 0.3) is 0 Å². The molecule has 0 atom stereocenters. The van der Waals surface area contributed by atoms with Gasteiger partial charge in [-0.15, -0.1) is 0 Å². The van der Waals surface area contributed by atoms with Crippen LogP contribution in [0.1, 0.15) is 13.8 Å². The highest BCUT2D eigenvalue weighted by molar-refractivity contribution is 5.88. The highest BCUT2D eigenvalue weighted by Gasteiger charge is 2.24. The zero-order valence-corrected chi connectivity index (χ0v) is 7.39. The van der Waals surface area contributed by atoms with Gasteiger partial charge in [0.15, 0.2) is 0 Å². The van der Waals surface area contributed by atoms with Gasteiger partial charge in [0.2, 0.25) is 11.8 Å². The molecule has 0 unspecified atom stereocenters. The Bertz CT molecular complexity index is 209. The molecule has 0 radical (unpaired) electrons. The minimum atomic E-state index is -0.710. The van der Waals surface area contributed by atoms with Gasteiger partial charge in [-0.2, -0.15) is 0 Å². The van der Waals surface area contributed by atoms with Crippen LogP contribution < -0.4 is 11.1 Å². The fourth-order valence-corrected chi connectivity index (χ4v) is 0.467. The number of nitrogens with two attached hydrogens (primary N) is 1. The Labute approximate surface area is 71.8 Å². The van der Waals surface area contributed by atoms with Gasteiger partial charge >= 0.3 is 0 Å². The average molecular weight is 170 g/mol. The van der Waals surface area contributed by atoms with Crippen LogP contribution in [0.4, 0.5) is 0 Å². The number of hydrogen-bond donors (Lipinski definition) is 2. The molecule has 0 saturated heterocycles. The SMILES string of the molecule is C=CC(=O)NCC(C)(C)C(N)=O. The van der Waals surface area contributed by atoms with E-state index in [-0.39, 0.29) is 12.5 Å². The Morgan fingerprint density at radius 3 is 2.42 bits per heavy atom. The van der Waals surface area contributed by atoms with Crippen molar-refractivity contribution in [2.24, 2.45) is 11.1 Å². The Kier molecular flexibility index (Phi) is 3.47. The van der Waals surface area contributed by atoms with E-state index in [0.717, 1.165) is 6.08 Å². The zero-order chi connectivity index (χ0) is 9.78. The van der Waals surface area contributed by atoms with E-state index in [9.17, 15) is 9.59 Å². The average Bonchev–Trinajstić information content (AvgIpc) is 2.00. The summed E-state index contributed by atoms with van der Waals surface area (Å²) in [6.07, 6.45) is 1.15. The molecule has 4 heteroatoms. The molecule has 0 fully saturated rings. The maximum Gasteiger partial charge on any atom is 0.243 e. The van der Waals surface area contributed by atoms with Gasteiger partial charge in [-0.25, -0.2) is 0 Å². The number of primary amides is 1. The summed E-state index contributed by atoms with van der Waals surface area (Å²) in [6, 6.07) is 0. The predicted octanol–water partition coefficient (Wildman–Crippen LogP) is -0.200. The lowest BCUT2D eigenvalue weighted by Crippen LogP contribution is -2.41. The molecule has 0 spiro atoms. The third kappa shape index (κ3) is 3.18. The normalized spacial score (nSPS) is 10.5. The first-order valence-electron chi connectivity index (χ1n) is 3.60. The number of hydrogen-bond acceptors (Lipinski definition) is 2. The molecule has 0 rings (SSSR count). The molecule has 0 aliphatic heterocycles.